The van der Waals surface area contributed by atoms with E-state index in [0.717, 1.165) is 27.8 Å². The molecule has 0 spiro atoms. The smallest absolute Gasteiger partial charge is 0.271 e. The first kappa shape index (κ1) is 24.5. The van der Waals surface area contributed by atoms with Crippen LogP contribution in [-0.2, 0) is 0 Å². The summed E-state index contributed by atoms with van der Waals surface area (Å²) in [5, 5.41) is 21.9. The Morgan fingerprint density at radius 1 is 0.550 bits per heavy atom. The third kappa shape index (κ3) is 4.99. The molecule has 0 unspecified atom stereocenters. The van der Waals surface area contributed by atoms with E-state index in [9.17, 15) is 20.2 Å². The van der Waals surface area contributed by atoms with E-state index in [0.29, 0.717) is 28.4 Å². The molecule has 1 N–H and O–H groups in total. The normalized spacial score (nSPS) is 10.9. The molecule has 0 bridgehead atoms. The van der Waals surface area contributed by atoms with Gasteiger partial charge in [-0.15, -0.1) is 0 Å². The first-order valence-corrected chi connectivity index (χ1v) is 12.3. The van der Waals surface area contributed by atoms with E-state index in [1.807, 2.05) is 48.5 Å². The number of aromatic nitrogens is 2. The van der Waals surface area contributed by atoms with Crippen molar-refractivity contribution in [3.63, 3.8) is 0 Å². The third-order valence-electron chi connectivity index (χ3n) is 6.52. The molecule has 1 aromatic heterocycles. The number of non-ortho nitro benzene ring substituents is 2. The maximum Gasteiger partial charge on any atom is 0.271 e. The summed E-state index contributed by atoms with van der Waals surface area (Å²) in [6.07, 6.45) is 0. The van der Waals surface area contributed by atoms with E-state index in [4.69, 9.17) is 4.74 Å². The Hall–Kier alpha value is -5.83. The molecule has 0 aliphatic rings. The van der Waals surface area contributed by atoms with E-state index in [1.165, 1.54) is 24.3 Å². The van der Waals surface area contributed by atoms with Gasteiger partial charge in [0.2, 0.25) is 0 Å². The average molecular weight is 529 g/mol. The first-order valence-electron chi connectivity index (χ1n) is 12.3. The lowest BCUT2D eigenvalue weighted by Crippen LogP contribution is -1.88. The van der Waals surface area contributed by atoms with Crippen LogP contribution in [0.3, 0.4) is 0 Å². The summed E-state index contributed by atoms with van der Waals surface area (Å²) in [6.45, 7) is 0. The summed E-state index contributed by atoms with van der Waals surface area (Å²) in [5.74, 6) is 1.81. The Balaban J connectivity index is 1.14. The molecular weight excluding hydrogens is 508 g/mol. The van der Waals surface area contributed by atoms with Gasteiger partial charge < -0.3 is 9.72 Å². The van der Waals surface area contributed by atoms with Crippen molar-refractivity contribution in [1.82, 2.24) is 9.97 Å². The number of nitro benzene ring substituents is 2. The number of rotatable bonds is 7. The molecule has 0 atom stereocenters. The number of aromatic amines is 1. The maximum absolute atomic E-state index is 11.0. The standard InChI is InChI=1S/C31H20N4O5/c36-34(37)25-11-16-28(17-12-25)40-27-14-9-23(10-15-27)21-3-1-20(2-4-21)22-5-7-24(8-6-22)31-32-29-18-13-26(35(38)39)19-30(29)33-31/h1-19H,(H,32,33). The maximum atomic E-state index is 11.0. The zero-order chi connectivity index (χ0) is 27.6. The minimum atomic E-state index is -0.445. The number of fused-ring (bicyclic) bond motifs is 1. The predicted molar refractivity (Wildman–Crippen MR) is 152 cm³/mol. The number of hydrogen-bond donors (Lipinski definition) is 1. The number of H-pyrrole nitrogens is 1. The molecule has 0 radical (unpaired) electrons. The second-order valence-corrected chi connectivity index (χ2v) is 9.08. The zero-order valence-corrected chi connectivity index (χ0v) is 20.9. The molecule has 0 saturated carbocycles. The highest BCUT2D eigenvalue weighted by Crippen LogP contribution is 2.30. The zero-order valence-electron chi connectivity index (χ0n) is 20.9. The van der Waals surface area contributed by atoms with Crippen LogP contribution in [0, 0.1) is 20.2 Å². The van der Waals surface area contributed by atoms with Gasteiger partial charge in [0, 0.05) is 29.8 Å². The summed E-state index contributed by atoms with van der Waals surface area (Å²) in [7, 11) is 0. The van der Waals surface area contributed by atoms with Crippen LogP contribution < -0.4 is 4.74 Å². The molecule has 9 nitrogen and oxygen atoms in total. The van der Waals surface area contributed by atoms with Crippen LogP contribution >= 0.6 is 0 Å². The topological polar surface area (TPSA) is 124 Å². The summed E-state index contributed by atoms with van der Waals surface area (Å²) in [4.78, 5) is 28.7. The Morgan fingerprint density at radius 2 is 0.975 bits per heavy atom. The van der Waals surface area contributed by atoms with Gasteiger partial charge in [-0.25, -0.2) is 4.98 Å². The van der Waals surface area contributed by atoms with Crippen LogP contribution in [-0.4, -0.2) is 19.8 Å². The second-order valence-electron chi connectivity index (χ2n) is 9.08. The lowest BCUT2D eigenvalue weighted by molar-refractivity contribution is -0.385. The largest absolute Gasteiger partial charge is 0.457 e. The van der Waals surface area contributed by atoms with E-state index >= 15 is 0 Å². The fourth-order valence-electron chi connectivity index (χ4n) is 4.41. The van der Waals surface area contributed by atoms with Crippen LogP contribution in [0.2, 0.25) is 0 Å². The summed E-state index contributed by atoms with van der Waals surface area (Å²) in [5.41, 5.74) is 6.41. The number of nitrogens with zero attached hydrogens (tertiary/aromatic N) is 3. The highest BCUT2D eigenvalue weighted by Gasteiger charge is 2.11. The molecule has 0 aliphatic carbocycles. The van der Waals surface area contributed by atoms with Crippen molar-refractivity contribution >= 4 is 22.4 Å². The second kappa shape index (κ2) is 10.1. The number of hydrogen-bond acceptors (Lipinski definition) is 6. The lowest BCUT2D eigenvalue weighted by atomic mass is 9.99. The Labute approximate surface area is 227 Å². The minimum Gasteiger partial charge on any atom is -0.457 e. The van der Waals surface area contributed by atoms with Crippen molar-refractivity contribution in [2.24, 2.45) is 0 Å². The average Bonchev–Trinajstić information content (AvgIpc) is 3.42. The van der Waals surface area contributed by atoms with Crippen LogP contribution in [0.15, 0.2) is 115 Å². The van der Waals surface area contributed by atoms with Crippen LogP contribution in [0.5, 0.6) is 11.5 Å². The number of imidazole rings is 1. The molecule has 1 heterocycles. The van der Waals surface area contributed by atoms with Crippen molar-refractivity contribution in [2.45, 2.75) is 0 Å². The van der Waals surface area contributed by atoms with Crippen molar-refractivity contribution in [3.05, 3.63) is 135 Å². The fraction of sp³-hybridized carbons (Fsp3) is 0. The summed E-state index contributed by atoms with van der Waals surface area (Å²) < 4.78 is 5.80. The quantitative estimate of drug-likeness (QED) is 0.165. The van der Waals surface area contributed by atoms with Crippen molar-refractivity contribution in [1.29, 1.82) is 0 Å². The Bertz CT molecular complexity index is 1840. The van der Waals surface area contributed by atoms with Gasteiger partial charge in [0.25, 0.3) is 11.4 Å². The van der Waals surface area contributed by atoms with Crippen molar-refractivity contribution < 1.29 is 14.6 Å². The lowest BCUT2D eigenvalue weighted by Gasteiger charge is -2.08. The van der Waals surface area contributed by atoms with Crippen LogP contribution in [0.4, 0.5) is 11.4 Å². The van der Waals surface area contributed by atoms with Crippen molar-refractivity contribution in [2.75, 3.05) is 0 Å². The van der Waals surface area contributed by atoms with Gasteiger partial charge in [-0.3, -0.25) is 20.2 Å². The highest BCUT2D eigenvalue weighted by molar-refractivity contribution is 5.82. The molecular formula is C31H20N4O5. The van der Waals surface area contributed by atoms with E-state index in [2.05, 4.69) is 34.2 Å². The molecule has 6 rings (SSSR count). The molecule has 9 heteroatoms. The summed E-state index contributed by atoms with van der Waals surface area (Å²) >= 11 is 0. The van der Waals surface area contributed by atoms with E-state index < -0.39 is 9.85 Å². The monoisotopic (exact) mass is 528 g/mol. The predicted octanol–water partition coefficient (Wildman–Crippen LogP) is 8.17. The number of nitro groups is 2. The number of benzene rings is 5. The van der Waals surface area contributed by atoms with Crippen LogP contribution in [0.1, 0.15) is 0 Å². The molecule has 40 heavy (non-hydrogen) atoms. The Morgan fingerprint density at radius 3 is 1.48 bits per heavy atom. The third-order valence-corrected chi connectivity index (χ3v) is 6.52. The van der Waals surface area contributed by atoms with Crippen molar-refractivity contribution in [3.8, 4) is 45.1 Å². The molecule has 0 fully saturated rings. The highest BCUT2D eigenvalue weighted by atomic mass is 16.6. The Kier molecular flexibility index (Phi) is 6.21. The van der Waals surface area contributed by atoms with Gasteiger partial charge in [-0.2, -0.15) is 0 Å². The summed E-state index contributed by atoms with van der Waals surface area (Å²) in [6, 6.07) is 34.4. The number of nitrogens with one attached hydrogen (secondary N) is 1. The van der Waals surface area contributed by atoms with Gasteiger partial charge in [0.05, 0.1) is 20.9 Å². The van der Waals surface area contributed by atoms with Gasteiger partial charge in [0.1, 0.15) is 17.3 Å². The van der Waals surface area contributed by atoms with E-state index in [-0.39, 0.29) is 11.4 Å². The number of ether oxygens (including phenoxy) is 1. The van der Waals surface area contributed by atoms with Gasteiger partial charge in [-0.05, 0) is 52.6 Å². The minimum absolute atomic E-state index is 0.0170. The van der Waals surface area contributed by atoms with Crippen LogP contribution in [0.25, 0.3) is 44.7 Å². The molecule has 6 aromatic rings. The SMILES string of the molecule is O=[N+]([O-])c1ccc(Oc2ccc(-c3ccc(-c4ccc(-c5nc6ccc([N+](=O)[O-])cc6[nH]5)cc4)cc3)cc2)cc1. The fourth-order valence-corrected chi connectivity index (χ4v) is 4.41. The van der Waals surface area contributed by atoms with E-state index in [1.54, 1.807) is 18.2 Å². The van der Waals surface area contributed by atoms with Gasteiger partial charge in [-0.1, -0.05) is 60.7 Å². The van der Waals surface area contributed by atoms with Gasteiger partial charge in [0.15, 0.2) is 0 Å². The molecule has 0 aliphatic heterocycles. The molecule has 0 saturated heterocycles. The molecule has 0 amide bonds. The first-order chi connectivity index (χ1) is 19.4. The molecule has 5 aromatic carbocycles. The molecule has 194 valence electrons. The van der Waals surface area contributed by atoms with Gasteiger partial charge >= 0.3 is 0 Å².